The van der Waals surface area contributed by atoms with Gasteiger partial charge in [-0.3, -0.25) is 4.79 Å². The molecule has 4 rings (SSSR count). The first-order valence-corrected chi connectivity index (χ1v) is 9.86. The van der Waals surface area contributed by atoms with E-state index in [9.17, 15) is 18.4 Å². The molecule has 2 aromatic heterocycles. The number of pyridine rings is 1. The maximum atomic E-state index is 13.3. The summed E-state index contributed by atoms with van der Waals surface area (Å²) in [7, 11) is 0. The van der Waals surface area contributed by atoms with Crippen molar-refractivity contribution >= 4 is 28.6 Å². The van der Waals surface area contributed by atoms with E-state index in [-0.39, 0.29) is 18.6 Å². The molecule has 7 nitrogen and oxygen atoms in total. The molecule has 1 amide bonds. The molecule has 0 unspecified atom stereocenters. The second-order valence-corrected chi connectivity index (χ2v) is 8.03. The van der Waals surface area contributed by atoms with E-state index in [1.807, 2.05) is 6.07 Å². The van der Waals surface area contributed by atoms with Gasteiger partial charge in [-0.05, 0) is 32.8 Å². The minimum Gasteiger partial charge on any atom is -0.459 e. The molecule has 0 radical (unpaired) electrons. The smallest absolute Gasteiger partial charge is 0.342 e. The molecule has 156 valence electrons. The SMILES string of the molecule is CC(C)OC(=O)c1cnc2[nH]ccc2c1N[C@@H]1CCCN(C(=O)[C@@H]2CC2(F)F)C1. The Labute approximate surface area is 166 Å². The Morgan fingerprint density at radius 3 is 2.86 bits per heavy atom. The molecule has 1 aliphatic carbocycles. The highest BCUT2D eigenvalue weighted by molar-refractivity contribution is 6.04. The number of carbonyl (C=O) groups excluding carboxylic acids is 2. The van der Waals surface area contributed by atoms with Crippen LogP contribution in [0.4, 0.5) is 14.5 Å². The van der Waals surface area contributed by atoms with Crippen LogP contribution < -0.4 is 5.32 Å². The molecule has 2 N–H and O–H groups in total. The summed E-state index contributed by atoms with van der Waals surface area (Å²) in [6.45, 7) is 4.33. The zero-order valence-electron chi connectivity index (χ0n) is 16.4. The Balaban J connectivity index is 1.56. The fourth-order valence-corrected chi connectivity index (χ4v) is 3.80. The Morgan fingerprint density at radius 1 is 1.41 bits per heavy atom. The number of nitrogens with zero attached hydrogens (tertiary/aromatic N) is 2. The molecule has 1 saturated heterocycles. The third kappa shape index (κ3) is 3.90. The van der Waals surface area contributed by atoms with Gasteiger partial charge in [-0.2, -0.15) is 0 Å². The molecule has 2 atom stereocenters. The van der Waals surface area contributed by atoms with Crippen molar-refractivity contribution in [3.63, 3.8) is 0 Å². The maximum Gasteiger partial charge on any atom is 0.342 e. The van der Waals surface area contributed by atoms with Gasteiger partial charge in [0.05, 0.1) is 11.8 Å². The number of carbonyl (C=O) groups is 2. The van der Waals surface area contributed by atoms with E-state index >= 15 is 0 Å². The van der Waals surface area contributed by atoms with Crippen LogP contribution in [0.5, 0.6) is 0 Å². The van der Waals surface area contributed by atoms with E-state index in [1.54, 1.807) is 20.0 Å². The highest BCUT2D eigenvalue weighted by Crippen LogP contribution is 2.49. The fourth-order valence-electron chi connectivity index (χ4n) is 3.80. The lowest BCUT2D eigenvalue weighted by Crippen LogP contribution is -2.46. The minimum absolute atomic E-state index is 0.161. The number of rotatable bonds is 5. The monoisotopic (exact) mass is 406 g/mol. The summed E-state index contributed by atoms with van der Waals surface area (Å²) >= 11 is 0. The molecular formula is C20H24F2N4O3. The number of ether oxygens (including phenoxy) is 1. The normalized spacial score (nSPS) is 23.3. The van der Waals surface area contributed by atoms with Crippen LogP contribution >= 0.6 is 0 Å². The number of H-pyrrole nitrogens is 1. The van der Waals surface area contributed by atoms with Gasteiger partial charge in [0.1, 0.15) is 17.1 Å². The molecule has 1 saturated carbocycles. The Hall–Kier alpha value is -2.71. The molecule has 2 aromatic rings. The molecule has 0 aromatic carbocycles. The van der Waals surface area contributed by atoms with Crippen molar-refractivity contribution in [2.75, 3.05) is 18.4 Å². The van der Waals surface area contributed by atoms with Gasteiger partial charge in [0.15, 0.2) is 0 Å². The molecule has 9 heteroatoms. The van der Waals surface area contributed by atoms with Crippen LogP contribution in [0.15, 0.2) is 18.5 Å². The number of likely N-dealkylation sites (tertiary alicyclic amines) is 1. The van der Waals surface area contributed by atoms with Gasteiger partial charge in [0, 0.05) is 43.3 Å². The van der Waals surface area contributed by atoms with Gasteiger partial charge in [-0.15, -0.1) is 0 Å². The van der Waals surface area contributed by atoms with Crippen LogP contribution in [0.1, 0.15) is 43.5 Å². The standard InChI is InChI=1S/C20H24F2N4O3/c1-11(2)29-19(28)14-9-24-17-13(5-6-23-17)16(14)25-12-4-3-7-26(10-12)18(27)15-8-20(15,21)22/h5-6,9,11-12,15H,3-4,7-8,10H2,1-2H3,(H2,23,24,25)/t12-,15+/m1/s1. The number of halogens is 2. The average molecular weight is 406 g/mol. The van der Waals surface area contributed by atoms with Crippen molar-refractivity contribution in [1.82, 2.24) is 14.9 Å². The summed E-state index contributed by atoms with van der Waals surface area (Å²) in [6.07, 6.45) is 4.02. The van der Waals surface area contributed by atoms with Crippen LogP contribution in [-0.4, -0.2) is 57.9 Å². The number of aromatic nitrogens is 2. The highest BCUT2D eigenvalue weighted by atomic mass is 19.3. The first-order chi connectivity index (χ1) is 13.8. The number of hydrogen-bond acceptors (Lipinski definition) is 5. The number of aromatic amines is 1. The predicted molar refractivity (Wildman–Crippen MR) is 103 cm³/mol. The van der Waals surface area contributed by atoms with Crippen molar-refractivity contribution in [3.8, 4) is 0 Å². The summed E-state index contributed by atoms with van der Waals surface area (Å²) in [5.74, 6) is -5.02. The van der Waals surface area contributed by atoms with Gasteiger partial charge in [0.2, 0.25) is 5.91 Å². The Morgan fingerprint density at radius 2 is 2.17 bits per heavy atom. The molecule has 2 aliphatic rings. The number of anilines is 1. The average Bonchev–Trinajstić information content (AvgIpc) is 3.07. The lowest BCUT2D eigenvalue weighted by molar-refractivity contribution is -0.135. The maximum absolute atomic E-state index is 13.3. The summed E-state index contributed by atoms with van der Waals surface area (Å²) in [5.41, 5.74) is 1.51. The first-order valence-electron chi connectivity index (χ1n) is 9.86. The lowest BCUT2D eigenvalue weighted by atomic mass is 10.0. The van der Waals surface area contributed by atoms with E-state index in [0.717, 1.165) is 11.8 Å². The van der Waals surface area contributed by atoms with Gasteiger partial charge in [-0.25, -0.2) is 18.6 Å². The lowest BCUT2D eigenvalue weighted by Gasteiger charge is -2.34. The highest BCUT2D eigenvalue weighted by Gasteiger charge is 2.62. The van der Waals surface area contributed by atoms with Crippen molar-refractivity contribution < 1.29 is 23.1 Å². The van der Waals surface area contributed by atoms with Crippen molar-refractivity contribution in [3.05, 3.63) is 24.0 Å². The topological polar surface area (TPSA) is 87.3 Å². The molecular weight excluding hydrogens is 382 g/mol. The zero-order chi connectivity index (χ0) is 20.8. The van der Waals surface area contributed by atoms with Crippen LogP contribution in [0.25, 0.3) is 11.0 Å². The Kier molecular flexibility index (Phi) is 4.92. The van der Waals surface area contributed by atoms with Gasteiger partial charge >= 0.3 is 5.97 Å². The summed E-state index contributed by atoms with van der Waals surface area (Å²) < 4.78 is 31.9. The van der Waals surface area contributed by atoms with E-state index in [2.05, 4.69) is 15.3 Å². The third-order valence-electron chi connectivity index (χ3n) is 5.35. The molecule has 2 fully saturated rings. The number of piperidine rings is 1. The second kappa shape index (κ2) is 7.27. The Bertz CT molecular complexity index is 943. The second-order valence-electron chi connectivity index (χ2n) is 8.03. The molecule has 0 bridgehead atoms. The summed E-state index contributed by atoms with van der Waals surface area (Å²) in [5, 5.41) is 4.09. The largest absolute Gasteiger partial charge is 0.459 e. The van der Waals surface area contributed by atoms with Crippen LogP contribution in [-0.2, 0) is 9.53 Å². The van der Waals surface area contributed by atoms with Crippen LogP contribution in [0.2, 0.25) is 0 Å². The molecule has 29 heavy (non-hydrogen) atoms. The number of amides is 1. The van der Waals surface area contributed by atoms with Crippen molar-refractivity contribution in [2.45, 2.75) is 51.2 Å². The number of nitrogens with one attached hydrogen (secondary N) is 2. The first kappa shape index (κ1) is 19.6. The molecule has 0 spiro atoms. The number of hydrogen-bond donors (Lipinski definition) is 2. The van der Waals surface area contributed by atoms with Gasteiger partial charge in [0.25, 0.3) is 5.92 Å². The van der Waals surface area contributed by atoms with Crippen molar-refractivity contribution in [1.29, 1.82) is 0 Å². The van der Waals surface area contributed by atoms with Crippen LogP contribution in [0.3, 0.4) is 0 Å². The quantitative estimate of drug-likeness (QED) is 0.745. The van der Waals surface area contributed by atoms with E-state index < -0.39 is 23.7 Å². The predicted octanol–water partition coefficient (Wildman–Crippen LogP) is 3.19. The number of fused-ring (bicyclic) bond motifs is 1. The van der Waals surface area contributed by atoms with Gasteiger partial charge in [-0.1, -0.05) is 0 Å². The number of alkyl halides is 2. The number of esters is 1. The molecule has 1 aliphatic heterocycles. The van der Waals surface area contributed by atoms with E-state index in [1.165, 1.54) is 11.1 Å². The van der Waals surface area contributed by atoms with E-state index in [0.29, 0.717) is 36.4 Å². The van der Waals surface area contributed by atoms with Gasteiger partial charge < -0.3 is 19.9 Å². The van der Waals surface area contributed by atoms with Crippen molar-refractivity contribution in [2.24, 2.45) is 5.92 Å². The zero-order valence-corrected chi connectivity index (χ0v) is 16.4. The third-order valence-corrected chi connectivity index (χ3v) is 5.35. The molecule has 3 heterocycles. The fraction of sp³-hybridized carbons (Fsp3) is 0.550. The van der Waals surface area contributed by atoms with Crippen LogP contribution in [0, 0.1) is 5.92 Å². The summed E-state index contributed by atoms with van der Waals surface area (Å²) in [6, 6.07) is 1.65. The minimum atomic E-state index is -2.87. The van der Waals surface area contributed by atoms with E-state index in [4.69, 9.17) is 4.74 Å². The summed E-state index contributed by atoms with van der Waals surface area (Å²) in [4.78, 5) is 33.7.